The van der Waals surface area contributed by atoms with Crippen LogP contribution in [-0.2, 0) is 10.3 Å². The van der Waals surface area contributed by atoms with Gasteiger partial charge in [-0.1, -0.05) is 28.1 Å². The van der Waals surface area contributed by atoms with Crippen LogP contribution in [0.5, 0.6) is 0 Å². The smallest absolute Gasteiger partial charge is 0.220 e. The highest BCUT2D eigenvalue weighted by Crippen LogP contribution is 2.22. The molecule has 20 heavy (non-hydrogen) atoms. The second-order valence-corrected chi connectivity index (χ2v) is 6.93. The normalized spacial score (nSPS) is 19.1. The van der Waals surface area contributed by atoms with Gasteiger partial charge < -0.3 is 10.6 Å². The summed E-state index contributed by atoms with van der Waals surface area (Å²) in [6.07, 6.45) is 3.96. The van der Waals surface area contributed by atoms with Crippen LogP contribution in [0.4, 0.5) is 0 Å². The van der Waals surface area contributed by atoms with Crippen molar-refractivity contribution >= 4 is 21.8 Å². The molecule has 1 saturated heterocycles. The van der Waals surface area contributed by atoms with Crippen molar-refractivity contribution in [3.8, 4) is 0 Å². The van der Waals surface area contributed by atoms with Gasteiger partial charge in [-0.2, -0.15) is 0 Å². The van der Waals surface area contributed by atoms with E-state index in [0.717, 1.165) is 23.0 Å². The fraction of sp³-hybridized carbons (Fsp3) is 0.562. The highest BCUT2D eigenvalue weighted by molar-refractivity contribution is 9.10. The van der Waals surface area contributed by atoms with Crippen molar-refractivity contribution in [3.05, 3.63) is 34.3 Å². The largest absolute Gasteiger partial charge is 0.347 e. The Labute approximate surface area is 129 Å². The van der Waals surface area contributed by atoms with E-state index in [1.807, 2.05) is 38.1 Å². The second-order valence-electron chi connectivity index (χ2n) is 6.01. The van der Waals surface area contributed by atoms with E-state index in [1.165, 1.54) is 12.8 Å². The summed E-state index contributed by atoms with van der Waals surface area (Å²) >= 11 is 3.43. The molecule has 2 N–H and O–H groups in total. The summed E-state index contributed by atoms with van der Waals surface area (Å²) in [5.74, 6) is 0.131. The average Bonchev–Trinajstić information content (AvgIpc) is 2.89. The summed E-state index contributed by atoms with van der Waals surface area (Å²) in [5.41, 5.74) is 0.786. The Morgan fingerprint density at radius 3 is 2.70 bits per heavy atom. The molecule has 0 bridgehead atoms. The average molecular weight is 339 g/mol. The van der Waals surface area contributed by atoms with Gasteiger partial charge in [-0.15, -0.1) is 0 Å². The zero-order valence-corrected chi connectivity index (χ0v) is 13.8. The molecule has 1 amide bonds. The van der Waals surface area contributed by atoms with Crippen LogP contribution in [0.2, 0.25) is 0 Å². The maximum Gasteiger partial charge on any atom is 0.220 e. The Morgan fingerprint density at radius 2 is 2.10 bits per heavy atom. The van der Waals surface area contributed by atoms with Crippen LogP contribution in [0.15, 0.2) is 28.7 Å². The SMILES string of the molecule is CC(C)(NC(=O)CCC1CCCN1)c1ccc(Br)cc1. The van der Waals surface area contributed by atoms with Crippen molar-refractivity contribution < 1.29 is 4.79 Å². The van der Waals surface area contributed by atoms with Crippen LogP contribution in [0.3, 0.4) is 0 Å². The quantitative estimate of drug-likeness (QED) is 0.864. The molecular formula is C16H23BrN2O. The van der Waals surface area contributed by atoms with Crippen LogP contribution < -0.4 is 10.6 Å². The van der Waals surface area contributed by atoms with Crippen molar-refractivity contribution in [2.75, 3.05) is 6.54 Å². The zero-order valence-electron chi connectivity index (χ0n) is 12.2. The van der Waals surface area contributed by atoms with Gasteiger partial charge >= 0.3 is 0 Å². The molecule has 0 spiro atoms. The standard InChI is InChI=1S/C16H23BrN2O/c1-16(2,12-5-7-13(17)8-6-12)19-15(20)10-9-14-4-3-11-18-14/h5-8,14,18H,3-4,9-11H2,1-2H3,(H,19,20). The molecule has 2 rings (SSSR count). The lowest BCUT2D eigenvalue weighted by Gasteiger charge is -2.27. The first kappa shape index (κ1) is 15.5. The Bertz CT molecular complexity index is 450. The Balaban J connectivity index is 1.86. The van der Waals surface area contributed by atoms with Gasteiger partial charge in [0.1, 0.15) is 0 Å². The van der Waals surface area contributed by atoms with Gasteiger partial charge in [-0.25, -0.2) is 0 Å². The minimum atomic E-state index is -0.332. The lowest BCUT2D eigenvalue weighted by atomic mass is 9.94. The molecule has 0 saturated carbocycles. The number of carbonyl (C=O) groups excluding carboxylic acids is 1. The van der Waals surface area contributed by atoms with Crippen molar-refractivity contribution in [1.82, 2.24) is 10.6 Å². The molecule has 1 aromatic rings. The highest BCUT2D eigenvalue weighted by Gasteiger charge is 2.23. The number of benzene rings is 1. The third kappa shape index (κ3) is 4.32. The Morgan fingerprint density at radius 1 is 1.40 bits per heavy atom. The molecule has 0 aliphatic carbocycles. The number of hydrogen-bond acceptors (Lipinski definition) is 2. The molecule has 1 heterocycles. The van der Waals surface area contributed by atoms with Crippen LogP contribution in [0, 0.1) is 0 Å². The van der Waals surface area contributed by atoms with E-state index in [9.17, 15) is 4.79 Å². The lowest BCUT2D eigenvalue weighted by molar-refractivity contribution is -0.123. The maximum absolute atomic E-state index is 12.1. The van der Waals surface area contributed by atoms with Gasteiger partial charge in [-0.3, -0.25) is 4.79 Å². The minimum absolute atomic E-state index is 0.131. The first-order chi connectivity index (χ1) is 9.47. The number of carbonyl (C=O) groups is 1. The van der Waals surface area contributed by atoms with E-state index >= 15 is 0 Å². The number of hydrogen-bond donors (Lipinski definition) is 2. The molecule has 4 heteroatoms. The summed E-state index contributed by atoms with van der Waals surface area (Å²) in [6, 6.07) is 8.62. The second kappa shape index (κ2) is 6.72. The van der Waals surface area contributed by atoms with E-state index in [2.05, 4.69) is 26.6 Å². The molecule has 1 aliphatic rings. The van der Waals surface area contributed by atoms with Crippen molar-refractivity contribution in [2.45, 2.75) is 51.1 Å². The molecule has 0 radical (unpaired) electrons. The molecule has 1 aromatic carbocycles. The first-order valence-electron chi connectivity index (χ1n) is 7.28. The van der Waals surface area contributed by atoms with E-state index in [-0.39, 0.29) is 11.4 Å². The third-order valence-corrected chi connectivity index (χ3v) is 4.43. The maximum atomic E-state index is 12.1. The predicted molar refractivity (Wildman–Crippen MR) is 85.6 cm³/mol. The fourth-order valence-electron chi connectivity index (χ4n) is 2.66. The van der Waals surface area contributed by atoms with Crippen molar-refractivity contribution in [1.29, 1.82) is 0 Å². The van der Waals surface area contributed by atoms with Crippen molar-refractivity contribution in [3.63, 3.8) is 0 Å². The summed E-state index contributed by atoms with van der Waals surface area (Å²) in [4.78, 5) is 12.1. The van der Waals surface area contributed by atoms with Crippen LogP contribution >= 0.6 is 15.9 Å². The summed E-state index contributed by atoms with van der Waals surface area (Å²) in [7, 11) is 0. The van der Waals surface area contributed by atoms with Gasteiger partial charge in [0, 0.05) is 16.9 Å². The van der Waals surface area contributed by atoms with Gasteiger partial charge in [-0.05, 0) is 57.4 Å². The summed E-state index contributed by atoms with van der Waals surface area (Å²) in [6.45, 7) is 5.18. The summed E-state index contributed by atoms with van der Waals surface area (Å²) in [5, 5.41) is 6.56. The topological polar surface area (TPSA) is 41.1 Å². The zero-order chi connectivity index (χ0) is 14.6. The Hall–Kier alpha value is -0.870. The monoisotopic (exact) mass is 338 g/mol. The molecule has 1 unspecified atom stereocenters. The van der Waals surface area contributed by atoms with E-state index < -0.39 is 0 Å². The third-order valence-electron chi connectivity index (χ3n) is 3.90. The van der Waals surface area contributed by atoms with E-state index in [4.69, 9.17) is 0 Å². The molecule has 110 valence electrons. The molecular weight excluding hydrogens is 316 g/mol. The lowest BCUT2D eigenvalue weighted by Crippen LogP contribution is -2.41. The van der Waals surface area contributed by atoms with Crippen LogP contribution in [0.25, 0.3) is 0 Å². The van der Waals surface area contributed by atoms with Crippen molar-refractivity contribution in [2.24, 2.45) is 0 Å². The molecule has 0 aromatic heterocycles. The molecule has 1 fully saturated rings. The molecule has 3 nitrogen and oxygen atoms in total. The number of nitrogens with one attached hydrogen (secondary N) is 2. The first-order valence-corrected chi connectivity index (χ1v) is 8.07. The number of amides is 1. The van der Waals surface area contributed by atoms with Gasteiger partial charge in [0.25, 0.3) is 0 Å². The van der Waals surface area contributed by atoms with Gasteiger partial charge in [0.15, 0.2) is 0 Å². The molecule has 1 atom stereocenters. The van der Waals surface area contributed by atoms with E-state index in [1.54, 1.807) is 0 Å². The minimum Gasteiger partial charge on any atom is -0.347 e. The van der Waals surface area contributed by atoms with Crippen LogP contribution in [-0.4, -0.2) is 18.5 Å². The fourth-order valence-corrected chi connectivity index (χ4v) is 2.92. The highest BCUT2D eigenvalue weighted by atomic mass is 79.9. The number of halogens is 1. The van der Waals surface area contributed by atoms with E-state index in [0.29, 0.717) is 12.5 Å². The molecule has 1 aliphatic heterocycles. The number of rotatable bonds is 5. The summed E-state index contributed by atoms with van der Waals surface area (Å²) < 4.78 is 1.05. The van der Waals surface area contributed by atoms with Gasteiger partial charge in [0.2, 0.25) is 5.91 Å². The van der Waals surface area contributed by atoms with Crippen LogP contribution in [0.1, 0.15) is 45.1 Å². The Kier molecular flexibility index (Phi) is 5.22. The predicted octanol–water partition coefficient (Wildman–Crippen LogP) is 3.33. The van der Waals surface area contributed by atoms with Gasteiger partial charge in [0.05, 0.1) is 5.54 Å².